The van der Waals surface area contributed by atoms with Crippen LogP contribution in [0.4, 0.5) is 5.88 Å². The molecule has 0 atom stereocenters. The Balaban J connectivity index is 2.51. The van der Waals surface area contributed by atoms with Crippen LogP contribution in [0.5, 0.6) is 0 Å². The smallest absolute Gasteiger partial charge is 0.242 e. The normalized spacial score (nSPS) is 16.4. The molecule has 0 unspecified atom stereocenters. The van der Waals surface area contributed by atoms with Crippen molar-refractivity contribution in [3.63, 3.8) is 0 Å². The molecular weight excluding hydrogens is 172 g/mol. The summed E-state index contributed by atoms with van der Waals surface area (Å²) in [7, 11) is 0. The molecule has 1 aromatic heterocycles. The molecule has 68 valence electrons. The molecule has 1 amide bonds. The van der Waals surface area contributed by atoms with Gasteiger partial charge in [0.1, 0.15) is 5.56 Å². The number of ketones is 1. The highest BCUT2D eigenvalue weighted by atomic mass is 16.5. The first-order chi connectivity index (χ1) is 6.18. The summed E-state index contributed by atoms with van der Waals surface area (Å²) in [5.41, 5.74) is 0.938. The van der Waals surface area contributed by atoms with Crippen molar-refractivity contribution < 1.29 is 14.1 Å². The van der Waals surface area contributed by atoms with Crippen molar-refractivity contribution in [3.8, 4) is 0 Å². The monoisotopic (exact) mass is 180 g/mol. The van der Waals surface area contributed by atoms with E-state index in [0.717, 1.165) is 0 Å². The fourth-order valence-electron chi connectivity index (χ4n) is 1.32. The van der Waals surface area contributed by atoms with Gasteiger partial charge in [0.25, 0.3) is 0 Å². The molecule has 5 nitrogen and oxygen atoms in total. The summed E-state index contributed by atoms with van der Waals surface area (Å²) in [6.45, 7) is 1.68. The van der Waals surface area contributed by atoms with Gasteiger partial charge in [-0.2, -0.15) is 0 Å². The lowest BCUT2D eigenvalue weighted by Crippen LogP contribution is -2.08. The molecule has 13 heavy (non-hydrogen) atoms. The summed E-state index contributed by atoms with van der Waals surface area (Å²) < 4.78 is 4.80. The van der Waals surface area contributed by atoms with E-state index in [1.54, 1.807) is 6.92 Å². The van der Waals surface area contributed by atoms with Crippen LogP contribution in [0.2, 0.25) is 0 Å². The van der Waals surface area contributed by atoms with Crippen LogP contribution in [0.1, 0.15) is 28.9 Å². The van der Waals surface area contributed by atoms with Gasteiger partial charge in [-0.1, -0.05) is 5.16 Å². The molecular formula is C8H8N2O3. The molecule has 1 aliphatic rings. The van der Waals surface area contributed by atoms with Crippen LogP contribution in [0.3, 0.4) is 0 Å². The predicted molar refractivity (Wildman–Crippen MR) is 43.4 cm³/mol. The number of fused-ring (bicyclic) bond motifs is 1. The number of Topliss-reactive ketones (excluding diaryl/α,β-unsaturated/α-hetero) is 1. The van der Waals surface area contributed by atoms with Crippen LogP contribution in [0.25, 0.3) is 0 Å². The minimum Gasteiger partial charge on any atom is -0.337 e. The number of carbonyl (C=O) groups excluding carboxylic acids is 2. The van der Waals surface area contributed by atoms with E-state index in [0.29, 0.717) is 11.3 Å². The number of aryl methyl sites for hydroxylation is 1. The predicted octanol–water partition coefficient (Wildman–Crippen LogP) is 0.898. The highest BCUT2D eigenvalue weighted by Crippen LogP contribution is 2.24. The molecule has 0 bridgehead atoms. The zero-order chi connectivity index (χ0) is 9.42. The molecule has 1 aliphatic heterocycles. The zero-order valence-electron chi connectivity index (χ0n) is 7.09. The average molecular weight is 180 g/mol. The Hall–Kier alpha value is -1.65. The fraction of sp³-hybridized carbons (Fsp3) is 0.375. The summed E-state index contributed by atoms with van der Waals surface area (Å²) >= 11 is 0. The minimum atomic E-state index is -0.205. The molecule has 0 saturated carbocycles. The molecule has 2 heterocycles. The highest BCUT2D eigenvalue weighted by molar-refractivity contribution is 6.08. The van der Waals surface area contributed by atoms with Gasteiger partial charge in [0, 0.05) is 12.8 Å². The topological polar surface area (TPSA) is 72.2 Å². The number of hydrogen-bond acceptors (Lipinski definition) is 4. The Morgan fingerprint density at radius 2 is 2.15 bits per heavy atom. The van der Waals surface area contributed by atoms with E-state index >= 15 is 0 Å². The van der Waals surface area contributed by atoms with Gasteiger partial charge in [0.15, 0.2) is 5.78 Å². The third-order valence-corrected chi connectivity index (χ3v) is 1.97. The second-order valence-corrected chi connectivity index (χ2v) is 2.94. The van der Waals surface area contributed by atoms with Crippen molar-refractivity contribution in [2.45, 2.75) is 19.8 Å². The first-order valence-electron chi connectivity index (χ1n) is 3.98. The van der Waals surface area contributed by atoms with E-state index in [1.165, 1.54) is 0 Å². The maximum atomic E-state index is 11.4. The van der Waals surface area contributed by atoms with Crippen molar-refractivity contribution in [2.75, 3.05) is 5.32 Å². The average Bonchev–Trinajstić information content (AvgIpc) is 2.36. The SMILES string of the molecule is Cc1noc2c1C(=O)CCC(=O)N2. The number of rotatable bonds is 0. The minimum absolute atomic E-state index is 0.0906. The van der Waals surface area contributed by atoms with Crippen molar-refractivity contribution in [3.05, 3.63) is 11.3 Å². The lowest BCUT2D eigenvalue weighted by molar-refractivity contribution is -0.116. The van der Waals surface area contributed by atoms with Crippen LogP contribution < -0.4 is 5.32 Å². The Kier molecular flexibility index (Phi) is 1.65. The molecule has 0 radical (unpaired) electrons. The number of anilines is 1. The largest absolute Gasteiger partial charge is 0.337 e. The first kappa shape index (κ1) is 7.97. The molecule has 0 saturated heterocycles. The molecule has 0 aromatic carbocycles. The summed E-state index contributed by atoms with van der Waals surface area (Å²) in [4.78, 5) is 22.5. The third-order valence-electron chi connectivity index (χ3n) is 1.97. The lowest BCUT2D eigenvalue weighted by atomic mass is 10.1. The number of hydrogen-bond donors (Lipinski definition) is 1. The van der Waals surface area contributed by atoms with Gasteiger partial charge in [-0.3, -0.25) is 14.9 Å². The van der Waals surface area contributed by atoms with Crippen molar-refractivity contribution in [1.82, 2.24) is 5.16 Å². The summed E-state index contributed by atoms with van der Waals surface area (Å²) in [5, 5.41) is 6.10. The Morgan fingerprint density at radius 3 is 2.92 bits per heavy atom. The standard InChI is InChI=1S/C8H8N2O3/c1-4-7-5(11)2-3-6(12)9-8(7)13-10-4/h2-3H2,1H3,(H,9,12). The molecule has 0 aliphatic carbocycles. The van der Waals surface area contributed by atoms with Gasteiger partial charge < -0.3 is 4.52 Å². The van der Waals surface area contributed by atoms with Crippen LogP contribution in [0, 0.1) is 6.92 Å². The van der Waals surface area contributed by atoms with E-state index in [-0.39, 0.29) is 30.4 Å². The van der Waals surface area contributed by atoms with Gasteiger partial charge in [-0.25, -0.2) is 0 Å². The summed E-state index contributed by atoms with van der Waals surface area (Å²) in [5.74, 6) is -0.111. The van der Waals surface area contributed by atoms with E-state index in [4.69, 9.17) is 4.52 Å². The molecule has 1 N–H and O–H groups in total. The highest BCUT2D eigenvalue weighted by Gasteiger charge is 2.25. The van der Waals surface area contributed by atoms with Crippen LogP contribution in [-0.4, -0.2) is 16.8 Å². The third kappa shape index (κ3) is 1.22. The number of carbonyl (C=O) groups is 2. The first-order valence-corrected chi connectivity index (χ1v) is 3.98. The van der Waals surface area contributed by atoms with E-state index < -0.39 is 0 Å². The van der Waals surface area contributed by atoms with Crippen LogP contribution >= 0.6 is 0 Å². The van der Waals surface area contributed by atoms with E-state index in [1.807, 2.05) is 0 Å². The summed E-state index contributed by atoms with van der Waals surface area (Å²) in [6.07, 6.45) is 0.434. The Morgan fingerprint density at radius 1 is 1.38 bits per heavy atom. The van der Waals surface area contributed by atoms with Crippen molar-refractivity contribution >= 4 is 17.6 Å². The van der Waals surface area contributed by atoms with Gasteiger partial charge in [-0.15, -0.1) is 0 Å². The van der Waals surface area contributed by atoms with Gasteiger partial charge >= 0.3 is 0 Å². The molecule has 5 heteroatoms. The quantitative estimate of drug-likeness (QED) is 0.643. The molecule has 0 fully saturated rings. The van der Waals surface area contributed by atoms with Gasteiger partial charge in [-0.05, 0) is 6.92 Å². The maximum absolute atomic E-state index is 11.4. The van der Waals surface area contributed by atoms with Crippen molar-refractivity contribution in [1.29, 1.82) is 0 Å². The Labute approximate surface area is 74.1 Å². The maximum Gasteiger partial charge on any atom is 0.242 e. The van der Waals surface area contributed by atoms with Crippen LogP contribution in [-0.2, 0) is 4.79 Å². The lowest BCUT2D eigenvalue weighted by Gasteiger charge is -1.93. The van der Waals surface area contributed by atoms with Crippen LogP contribution in [0.15, 0.2) is 4.52 Å². The molecule has 0 spiro atoms. The van der Waals surface area contributed by atoms with Gasteiger partial charge in [0.05, 0.1) is 5.69 Å². The van der Waals surface area contributed by atoms with Crippen molar-refractivity contribution in [2.24, 2.45) is 0 Å². The van der Waals surface area contributed by atoms with E-state index in [9.17, 15) is 9.59 Å². The number of nitrogens with one attached hydrogen (secondary N) is 1. The fourth-order valence-corrected chi connectivity index (χ4v) is 1.32. The second kappa shape index (κ2) is 2.69. The van der Waals surface area contributed by atoms with E-state index in [2.05, 4.69) is 10.5 Å². The molecule has 1 aromatic rings. The summed E-state index contributed by atoms with van der Waals surface area (Å²) in [6, 6.07) is 0. The zero-order valence-corrected chi connectivity index (χ0v) is 7.09. The number of amides is 1. The number of aromatic nitrogens is 1. The van der Waals surface area contributed by atoms with Gasteiger partial charge in [0.2, 0.25) is 11.8 Å². The molecule has 2 rings (SSSR count). The second-order valence-electron chi connectivity index (χ2n) is 2.94. The Bertz CT molecular complexity index is 381. The number of nitrogens with zero attached hydrogens (tertiary/aromatic N) is 1.